The van der Waals surface area contributed by atoms with Crippen LogP contribution in [0.4, 0.5) is 4.79 Å². The maximum Gasteiger partial charge on any atom is 0.317 e. The van der Waals surface area contributed by atoms with Gasteiger partial charge in [0.25, 0.3) is 0 Å². The number of aromatic nitrogens is 2. The Bertz CT molecular complexity index is 832. The molecule has 2 saturated heterocycles. The average Bonchev–Trinajstić information content (AvgIpc) is 3.06. The zero-order valence-corrected chi connectivity index (χ0v) is 14.9. The van der Waals surface area contributed by atoms with E-state index in [-0.39, 0.29) is 18.0 Å². The van der Waals surface area contributed by atoms with Crippen molar-refractivity contribution in [2.45, 2.75) is 19.4 Å². The van der Waals surface area contributed by atoms with Gasteiger partial charge in [-0.15, -0.1) is 0 Å². The van der Waals surface area contributed by atoms with E-state index < -0.39 is 0 Å². The first kappa shape index (κ1) is 16.8. The summed E-state index contributed by atoms with van der Waals surface area (Å²) < 4.78 is 0. The van der Waals surface area contributed by atoms with Gasteiger partial charge in [-0.3, -0.25) is 9.69 Å². The molecule has 26 heavy (non-hydrogen) atoms. The summed E-state index contributed by atoms with van der Waals surface area (Å²) >= 11 is 0. The SMILES string of the molecule is Cc1cccc2[nH]c(CCNC(=O)N3CCN4CCNC(=O)C4C3)nc12. The molecule has 1 unspecified atom stereocenters. The number of carbonyl (C=O) groups excluding carboxylic acids is 2. The third kappa shape index (κ3) is 3.24. The zero-order valence-electron chi connectivity index (χ0n) is 14.9. The molecule has 2 aliphatic rings. The van der Waals surface area contributed by atoms with Crippen LogP contribution in [-0.4, -0.2) is 77.0 Å². The Morgan fingerprint density at radius 2 is 2.23 bits per heavy atom. The lowest BCUT2D eigenvalue weighted by Crippen LogP contribution is -2.65. The first-order valence-electron chi connectivity index (χ1n) is 9.10. The number of aryl methyl sites for hydroxylation is 1. The van der Waals surface area contributed by atoms with Crippen LogP contribution in [0.1, 0.15) is 11.4 Å². The van der Waals surface area contributed by atoms with E-state index >= 15 is 0 Å². The van der Waals surface area contributed by atoms with E-state index in [1.807, 2.05) is 25.1 Å². The maximum atomic E-state index is 12.4. The number of rotatable bonds is 3. The smallest absolute Gasteiger partial charge is 0.317 e. The van der Waals surface area contributed by atoms with E-state index in [0.717, 1.165) is 35.5 Å². The van der Waals surface area contributed by atoms with Gasteiger partial charge in [-0.1, -0.05) is 12.1 Å². The van der Waals surface area contributed by atoms with Gasteiger partial charge in [-0.05, 0) is 18.6 Å². The number of hydrogen-bond donors (Lipinski definition) is 3. The molecule has 3 heterocycles. The van der Waals surface area contributed by atoms with Gasteiger partial charge in [0.2, 0.25) is 5.91 Å². The number of H-pyrrole nitrogens is 1. The highest BCUT2D eigenvalue weighted by Gasteiger charge is 2.36. The molecule has 8 heteroatoms. The van der Waals surface area contributed by atoms with Crippen LogP contribution in [0.15, 0.2) is 18.2 Å². The number of nitrogens with one attached hydrogen (secondary N) is 3. The molecule has 3 N–H and O–H groups in total. The molecule has 0 saturated carbocycles. The molecule has 2 aromatic rings. The highest BCUT2D eigenvalue weighted by molar-refractivity contribution is 5.84. The second-order valence-corrected chi connectivity index (χ2v) is 6.93. The van der Waals surface area contributed by atoms with Gasteiger partial charge < -0.3 is 20.5 Å². The van der Waals surface area contributed by atoms with Gasteiger partial charge in [0.1, 0.15) is 11.9 Å². The fraction of sp³-hybridized carbons (Fsp3) is 0.500. The van der Waals surface area contributed by atoms with E-state index in [4.69, 9.17) is 0 Å². The van der Waals surface area contributed by atoms with Crippen LogP contribution in [0, 0.1) is 6.92 Å². The van der Waals surface area contributed by atoms with E-state index in [1.165, 1.54) is 0 Å². The van der Waals surface area contributed by atoms with E-state index in [2.05, 4.69) is 25.5 Å². The predicted molar refractivity (Wildman–Crippen MR) is 97.9 cm³/mol. The Morgan fingerprint density at radius 3 is 3.08 bits per heavy atom. The van der Waals surface area contributed by atoms with Crippen LogP contribution in [0.3, 0.4) is 0 Å². The zero-order chi connectivity index (χ0) is 18.1. The van der Waals surface area contributed by atoms with Crippen molar-refractivity contribution in [3.63, 3.8) is 0 Å². The van der Waals surface area contributed by atoms with Crippen LogP contribution >= 0.6 is 0 Å². The number of benzene rings is 1. The normalized spacial score (nSPS) is 20.7. The van der Waals surface area contributed by atoms with Crippen LogP contribution in [-0.2, 0) is 11.2 Å². The predicted octanol–water partition coefficient (Wildman–Crippen LogP) is 0.239. The third-order valence-corrected chi connectivity index (χ3v) is 5.18. The second-order valence-electron chi connectivity index (χ2n) is 6.93. The molecule has 0 spiro atoms. The number of para-hydroxylation sites is 1. The van der Waals surface area contributed by atoms with E-state index in [1.54, 1.807) is 4.90 Å². The van der Waals surface area contributed by atoms with Crippen molar-refractivity contribution in [2.24, 2.45) is 0 Å². The molecule has 0 radical (unpaired) electrons. The molecular weight excluding hydrogens is 332 g/mol. The van der Waals surface area contributed by atoms with Gasteiger partial charge in [-0.25, -0.2) is 9.78 Å². The number of hydrogen-bond acceptors (Lipinski definition) is 4. The highest BCUT2D eigenvalue weighted by atomic mass is 16.2. The molecular formula is C18H24N6O2. The fourth-order valence-corrected chi connectivity index (χ4v) is 3.71. The molecule has 0 bridgehead atoms. The number of fused-ring (bicyclic) bond motifs is 2. The molecule has 3 amide bonds. The Balaban J connectivity index is 1.31. The van der Waals surface area contributed by atoms with E-state index in [0.29, 0.717) is 32.6 Å². The van der Waals surface area contributed by atoms with Gasteiger partial charge in [-0.2, -0.15) is 0 Å². The molecule has 1 aromatic heterocycles. The maximum absolute atomic E-state index is 12.4. The number of amides is 3. The standard InChI is InChI=1S/C18H24N6O2/c1-12-3-2-4-13-16(12)22-15(21-13)5-6-20-18(26)24-10-9-23-8-7-19-17(25)14(23)11-24/h2-4,14H,5-11H2,1H3,(H,19,25)(H,20,26)(H,21,22). The topological polar surface area (TPSA) is 93.4 Å². The van der Waals surface area contributed by atoms with Crippen molar-refractivity contribution in [1.82, 2.24) is 30.4 Å². The van der Waals surface area contributed by atoms with Crippen molar-refractivity contribution in [3.8, 4) is 0 Å². The van der Waals surface area contributed by atoms with Crippen molar-refractivity contribution in [1.29, 1.82) is 0 Å². The van der Waals surface area contributed by atoms with Gasteiger partial charge in [0.15, 0.2) is 0 Å². The number of urea groups is 1. The summed E-state index contributed by atoms with van der Waals surface area (Å²) in [5.74, 6) is 0.887. The molecule has 1 atom stereocenters. The lowest BCUT2D eigenvalue weighted by Gasteiger charge is -2.42. The first-order chi connectivity index (χ1) is 12.6. The monoisotopic (exact) mass is 356 g/mol. The van der Waals surface area contributed by atoms with Crippen molar-refractivity contribution >= 4 is 23.0 Å². The van der Waals surface area contributed by atoms with Crippen molar-refractivity contribution in [3.05, 3.63) is 29.6 Å². The number of imidazole rings is 1. The lowest BCUT2D eigenvalue weighted by molar-refractivity contribution is -0.131. The Kier molecular flexibility index (Phi) is 4.50. The number of aromatic amines is 1. The summed E-state index contributed by atoms with van der Waals surface area (Å²) in [4.78, 5) is 36.2. The fourth-order valence-electron chi connectivity index (χ4n) is 3.71. The summed E-state index contributed by atoms with van der Waals surface area (Å²) in [5, 5.41) is 5.82. The number of piperazine rings is 2. The van der Waals surface area contributed by atoms with Gasteiger partial charge in [0.05, 0.1) is 11.0 Å². The molecule has 2 fully saturated rings. The largest absolute Gasteiger partial charge is 0.353 e. The van der Waals surface area contributed by atoms with Gasteiger partial charge in [0, 0.05) is 45.7 Å². The van der Waals surface area contributed by atoms with E-state index in [9.17, 15) is 9.59 Å². The summed E-state index contributed by atoms with van der Waals surface area (Å²) in [5.41, 5.74) is 3.14. The molecule has 138 valence electrons. The molecule has 1 aromatic carbocycles. The molecule has 2 aliphatic heterocycles. The lowest BCUT2D eigenvalue weighted by atomic mass is 10.1. The Hall–Kier alpha value is -2.61. The minimum absolute atomic E-state index is 0.0198. The molecule has 0 aliphatic carbocycles. The average molecular weight is 356 g/mol. The van der Waals surface area contributed by atoms with Crippen molar-refractivity contribution < 1.29 is 9.59 Å². The van der Waals surface area contributed by atoms with Crippen LogP contribution in [0.5, 0.6) is 0 Å². The quantitative estimate of drug-likeness (QED) is 0.734. The number of carbonyl (C=O) groups is 2. The summed E-state index contributed by atoms with van der Waals surface area (Å²) in [7, 11) is 0. The Morgan fingerprint density at radius 1 is 1.35 bits per heavy atom. The number of nitrogens with zero attached hydrogens (tertiary/aromatic N) is 3. The van der Waals surface area contributed by atoms with Gasteiger partial charge >= 0.3 is 6.03 Å². The Labute approximate surface area is 151 Å². The summed E-state index contributed by atoms with van der Waals surface area (Å²) in [6.07, 6.45) is 0.643. The summed E-state index contributed by atoms with van der Waals surface area (Å²) in [6, 6.07) is 5.71. The highest BCUT2D eigenvalue weighted by Crippen LogP contribution is 2.16. The molecule has 4 rings (SSSR count). The minimum Gasteiger partial charge on any atom is -0.353 e. The van der Waals surface area contributed by atoms with Crippen LogP contribution in [0.2, 0.25) is 0 Å². The third-order valence-electron chi connectivity index (χ3n) is 5.18. The first-order valence-corrected chi connectivity index (χ1v) is 9.10. The van der Waals surface area contributed by atoms with Crippen LogP contribution < -0.4 is 10.6 Å². The molecule has 8 nitrogen and oxygen atoms in total. The van der Waals surface area contributed by atoms with Crippen LogP contribution in [0.25, 0.3) is 11.0 Å². The van der Waals surface area contributed by atoms with Crippen molar-refractivity contribution in [2.75, 3.05) is 39.3 Å². The second kappa shape index (κ2) is 6.95. The minimum atomic E-state index is -0.221. The summed E-state index contributed by atoms with van der Waals surface area (Å²) in [6.45, 7) is 5.94.